The Morgan fingerprint density at radius 3 is 3.00 bits per heavy atom. The number of amides is 1. The summed E-state index contributed by atoms with van der Waals surface area (Å²) < 4.78 is 1.91. The van der Waals surface area contributed by atoms with E-state index < -0.39 is 0 Å². The lowest BCUT2D eigenvalue weighted by Gasteiger charge is -2.12. The van der Waals surface area contributed by atoms with Crippen molar-refractivity contribution in [1.29, 1.82) is 0 Å². The van der Waals surface area contributed by atoms with Crippen molar-refractivity contribution < 1.29 is 4.79 Å². The predicted molar refractivity (Wildman–Crippen MR) is 63.5 cm³/mol. The maximum Gasteiger partial charge on any atom is 0.267 e. The summed E-state index contributed by atoms with van der Waals surface area (Å²) in [5, 5.41) is 6.33. The van der Waals surface area contributed by atoms with Crippen molar-refractivity contribution in [1.82, 2.24) is 15.2 Å². The summed E-state index contributed by atoms with van der Waals surface area (Å²) in [5.41, 5.74) is 1.83. The first-order valence-corrected chi connectivity index (χ1v) is 5.82. The lowest BCUT2D eigenvalue weighted by atomic mass is 10.2. The van der Waals surface area contributed by atoms with Crippen LogP contribution in [0.1, 0.15) is 29.0 Å². The number of aromatic nitrogens is 1. The van der Waals surface area contributed by atoms with Crippen LogP contribution in [0.15, 0.2) is 12.1 Å². The van der Waals surface area contributed by atoms with Gasteiger partial charge in [0.1, 0.15) is 5.69 Å². The normalized spacial score (nSPS) is 20.0. The number of aryl methyl sites for hydroxylation is 1. The Morgan fingerprint density at radius 2 is 2.44 bits per heavy atom. The second kappa shape index (κ2) is 4.70. The monoisotopic (exact) mass is 221 g/mol. The van der Waals surface area contributed by atoms with E-state index in [1.165, 1.54) is 6.42 Å². The van der Waals surface area contributed by atoms with Crippen molar-refractivity contribution in [3.8, 4) is 0 Å². The summed E-state index contributed by atoms with van der Waals surface area (Å²) in [4.78, 5) is 11.9. The van der Waals surface area contributed by atoms with E-state index >= 15 is 0 Å². The molecule has 0 aliphatic carbocycles. The molecule has 0 bridgehead atoms. The highest BCUT2D eigenvalue weighted by Gasteiger charge is 2.16. The third kappa shape index (κ3) is 2.27. The molecular weight excluding hydrogens is 202 g/mol. The van der Waals surface area contributed by atoms with Gasteiger partial charge in [-0.05, 0) is 38.4 Å². The number of carbonyl (C=O) groups excluding carboxylic acids is 1. The molecule has 1 aromatic heterocycles. The fraction of sp³-hybridized carbons (Fsp3) is 0.583. The lowest BCUT2D eigenvalue weighted by molar-refractivity contribution is 0.0942. The third-order valence-electron chi connectivity index (χ3n) is 3.28. The van der Waals surface area contributed by atoms with Crippen LogP contribution < -0.4 is 10.6 Å². The van der Waals surface area contributed by atoms with E-state index in [1.807, 2.05) is 30.7 Å². The highest BCUT2D eigenvalue weighted by molar-refractivity contribution is 5.92. The van der Waals surface area contributed by atoms with E-state index in [-0.39, 0.29) is 5.91 Å². The Labute approximate surface area is 96.0 Å². The van der Waals surface area contributed by atoms with Crippen molar-refractivity contribution >= 4 is 5.91 Å². The number of hydrogen-bond acceptors (Lipinski definition) is 2. The summed E-state index contributed by atoms with van der Waals surface area (Å²) in [5.74, 6) is 0.0179. The smallest absolute Gasteiger partial charge is 0.267 e. The molecule has 1 aliphatic rings. The minimum atomic E-state index is 0.0179. The van der Waals surface area contributed by atoms with Gasteiger partial charge in [0.25, 0.3) is 5.91 Å². The van der Waals surface area contributed by atoms with E-state index in [4.69, 9.17) is 0 Å². The van der Waals surface area contributed by atoms with Crippen LogP contribution in [0.2, 0.25) is 0 Å². The Bertz CT molecular complexity index is 378. The van der Waals surface area contributed by atoms with Crippen molar-refractivity contribution in [2.45, 2.75) is 25.8 Å². The first kappa shape index (κ1) is 11.2. The molecule has 4 heteroatoms. The summed E-state index contributed by atoms with van der Waals surface area (Å²) in [6.45, 7) is 3.79. The predicted octanol–water partition coefficient (Wildman–Crippen LogP) is 0.815. The fourth-order valence-electron chi connectivity index (χ4n) is 2.08. The molecule has 0 aromatic carbocycles. The Kier molecular flexibility index (Phi) is 3.29. The van der Waals surface area contributed by atoms with Crippen LogP contribution in [0.4, 0.5) is 0 Å². The minimum absolute atomic E-state index is 0.0179. The molecule has 88 valence electrons. The second-order valence-electron chi connectivity index (χ2n) is 4.42. The molecule has 1 saturated heterocycles. The number of carbonyl (C=O) groups is 1. The van der Waals surface area contributed by atoms with Gasteiger partial charge >= 0.3 is 0 Å². The van der Waals surface area contributed by atoms with Crippen molar-refractivity contribution in [3.05, 3.63) is 23.5 Å². The molecule has 1 fully saturated rings. The zero-order valence-electron chi connectivity index (χ0n) is 9.92. The lowest BCUT2D eigenvalue weighted by Crippen LogP contribution is -2.37. The van der Waals surface area contributed by atoms with Gasteiger partial charge in [-0.25, -0.2) is 0 Å². The molecule has 2 rings (SSSR count). The van der Waals surface area contributed by atoms with Gasteiger partial charge in [-0.2, -0.15) is 0 Å². The number of nitrogens with zero attached hydrogens (tertiary/aromatic N) is 1. The van der Waals surface area contributed by atoms with Gasteiger partial charge in [0.2, 0.25) is 0 Å². The summed E-state index contributed by atoms with van der Waals surface area (Å²) >= 11 is 0. The van der Waals surface area contributed by atoms with Gasteiger partial charge in [-0.15, -0.1) is 0 Å². The van der Waals surface area contributed by atoms with E-state index in [1.54, 1.807) is 0 Å². The van der Waals surface area contributed by atoms with Gasteiger partial charge in [0, 0.05) is 25.3 Å². The number of rotatable bonds is 3. The van der Waals surface area contributed by atoms with Crippen molar-refractivity contribution in [2.75, 3.05) is 13.1 Å². The third-order valence-corrected chi connectivity index (χ3v) is 3.28. The molecule has 2 N–H and O–H groups in total. The fourth-order valence-corrected chi connectivity index (χ4v) is 2.08. The van der Waals surface area contributed by atoms with Crippen LogP contribution in [0.3, 0.4) is 0 Å². The average molecular weight is 221 g/mol. The maximum atomic E-state index is 11.9. The molecular formula is C12H19N3O. The van der Waals surface area contributed by atoms with Gasteiger partial charge in [0.15, 0.2) is 0 Å². The van der Waals surface area contributed by atoms with Crippen LogP contribution in [-0.2, 0) is 7.05 Å². The van der Waals surface area contributed by atoms with Gasteiger partial charge in [-0.3, -0.25) is 4.79 Å². The van der Waals surface area contributed by atoms with Gasteiger partial charge < -0.3 is 15.2 Å². The number of nitrogens with one attached hydrogen (secondary N) is 2. The molecule has 1 aromatic rings. The van der Waals surface area contributed by atoms with E-state index in [9.17, 15) is 4.79 Å². The maximum absolute atomic E-state index is 11.9. The van der Waals surface area contributed by atoms with Gasteiger partial charge in [-0.1, -0.05) is 0 Å². The average Bonchev–Trinajstić information content (AvgIpc) is 2.88. The van der Waals surface area contributed by atoms with Crippen LogP contribution in [0.25, 0.3) is 0 Å². The molecule has 1 atom stereocenters. The molecule has 0 radical (unpaired) electrons. The Balaban J connectivity index is 1.90. The molecule has 16 heavy (non-hydrogen) atoms. The highest BCUT2D eigenvalue weighted by Crippen LogP contribution is 2.07. The molecule has 1 unspecified atom stereocenters. The van der Waals surface area contributed by atoms with Crippen LogP contribution in [0.5, 0.6) is 0 Å². The quantitative estimate of drug-likeness (QED) is 0.793. The van der Waals surface area contributed by atoms with Gasteiger partial charge in [0.05, 0.1) is 0 Å². The van der Waals surface area contributed by atoms with E-state index in [2.05, 4.69) is 10.6 Å². The topological polar surface area (TPSA) is 46.1 Å². The summed E-state index contributed by atoms with van der Waals surface area (Å²) in [6, 6.07) is 4.28. The summed E-state index contributed by atoms with van der Waals surface area (Å²) in [7, 11) is 1.91. The first-order chi connectivity index (χ1) is 7.68. The zero-order valence-corrected chi connectivity index (χ0v) is 9.92. The Morgan fingerprint density at radius 1 is 1.62 bits per heavy atom. The van der Waals surface area contributed by atoms with Crippen molar-refractivity contribution in [3.63, 3.8) is 0 Å². The zero-order chi connectivity index (χ0) is 11.5. The molecule has 4 nitrogen and oxygen atoms in total. The largest absolute Gasteiger partial charge is 0.349 e. The SMILES string of the molecule is Cc1ccc(C(=O)NCC2CCCN2)n1C. The summed E-state index contributed by atoms with van der Waals surface area (Å²) in [6.07, 6.45) is 2.37. The standard InChI is InChI=1S/C12H19N3O/c1-9-5-6-11(15(9)2)12(16)14-8-10-4-3-7-13-10/h5-6,10,13H,3-4,7-8H2,1-2H3,(H,14,16). The van der Waals surface area contributed by atoms with Crippen LogP contribution >= 0.6 is 0 Å². The van der Waals surface area contributed by atoms with E-state index in [0.29, 0.717) is 6.04 Å². The van der Waals surface area contributed by atoms with Crippen LogP contribution in [0, 0.1) is 6.92 Å². The minimum Gasteiger partial charge on any atom is -0.349 e. The first-order valence-electron chi connectivity index (χ1n) is 5.82. The second-order valence-corrected chi connectivity index (χ2v) is 4.42. The van der Waals surface area contributed by atoms with E-state index in [0.717, 1.165) is 30.9 Å². The molecule has 0 saturated carbocycles. The van der Waals surface area contributed by atoms with Crippen molar-refractivity contribution in [2.24, 2.45) is 7.05 Å². The Hall–Kier alpha value is -1.29. The molecule has 0 spiro atoms. The highest BCUT2D eigenvalue weighted by atomic mass is 16.1. The molecule has 1 amide bonds. The number of hydrogen-bond donors (Lipinski definition) is 2. The molecule has 1 aliphatic heterocycles. The molecule has 2 heterocycles. The van der Waals surface area contributed by atoms with Crippen LogP contribution in [-0.4, -0.2) is 29.6 Å².